The summed E-state index contributed by atoms with van der Waals surface area (Å²) in [5, 5.41) is 3.01. The number of alkyl halides is 1. The van der Waals surface area contributed by atoms with Gasteiger partial charge in [-0.05, 0) is 12.0 Å². The van der Waals surface area contributed by atoms with Crippen molar-refractivity contribution in [3.05, 3.63) is 35.9 Å². The summed E-state index contributed by atoms with van der Waals surface area (Å²) in [7, 11) is 0. The summed E-state index contributed by atoms with van der Waals surface area (Å²) in [4.78, 5) is 11.9. The number of carbonyl (C=O) groups is 1. The van der Waals surface area contributed by atoms with Gasteiger partial charge in [0.05, 0.1) is 6.04 Å². The Morgan fingerprint density at radius 3 is 2.40 bits per heavy atom. The molecular formula is C17H26ClNO. The maximum Gasteiger partial charge on any atom is 0.220 e. The van der Waals surface area contributed by atoms with Crippen LogP contribution < -0.4 is 5.32 Å². The van der Waals surface area contributed by atoms with Crippen LogP contribution in [0.4, 0.5) is 0 Å². The molecule has 0 heterocycles. The van der Waals surface area contributed by atoms with E-state index in [-0.39, 0.29) is 11.9 Å². The monoisotopic (exact) mass is 295 g/mol. The smallest absolute Gasteiger partial charge is 0.220 e. The molecule has 0 spiro atoms. The molecule has 0 aromatic heterocycles. The van der Waals surface area contributed by atoms with Crippen molar-refractivity contribution in [3.8, 4) is 0 Å². The molecule has 1 rings (SSSR count). The van der Waals surface area contributed by atoms with Crippen LogP contribution in [0, 0.1) is 0 Å². The van der Waals surface area contributed by atoms with E-state index in [9.17, 15) is 4.79 Å². The van der Waals surface area contributed by atoms with Crippen molar-refractivity contribution in [2.24, 2.45) is 0 Å². The summed E-state index contributed by atoms with van der Waals surface area (Å²) >= 11 is 5.95. The van der Waals surface area contributed by atoms with Gasteiger partial charge in [0.15, 0.2) is 0 Å². The van der Waals surface area contributed by atoms with Crippen LogP contribution in [-0.2, 0) is 4.79 Å². The summed E-state index contributed by atoms with van der Waals surface area (Å²) in [5.74, 6) is 0.515. The zero-order valence-electron chi connectivity index (χ0n) is 12.4. The number of carbonyl (C=O) groups excluding carboxylic acids is 1. The van der Waals surface area contributed by atoms with E-state index < -0.39 is 0 Å². The molecule has 0 aliphatic rings. The first-order valence-corrected chi connectivity index (χ1v) is 8.21. The minimum absolute atomic E-state index is 0.0783. The summed E-state index contributed by atoms with van der Waals surface area (Å²) in [6.45, 7) is 2.21. The molecule has 1 unspecified atom stereocenters. The molecule has 3 heteroatoms. The van der Waals surface area contributed by atoms with E-state index in [0.717, 1.165) is 18.4 Å². The average Bonchev–Trinajstić information content (AvgIpc) is 2.49. The SMILES string of the molecule is CCCCCCCCC(=O)NC(CCl)c1ccccc1. The summed E-state index contributed by atoms with van der Waals surface area (Å²) in [6, 6.07) is 9.82. The third-order valence-electron chi connectivity index (χ3n) is 3.45. The van der Waals surface area contributed by atoms with Gasteiger partial charge in [0.1, 0.15) is 0 Å². The average molecular weight is 296 g/mol. The van der Waals surface area contributed by atoms with E-state index in [1.165, 1.54) is 25.7 Å². The number of benzene rings is 1. The molecule has 112 valence electrons. The number of rotatable bonds is 10. The normalized spacial score (nSPS) is 12.1. The van der Waals surface area contributed by atoms with E-state index in [1.807, 2.05) is 30.3 Å². The molecule has 0 radical (unpaired) electrons. The molecule has 0 saturated heterocycles. The van der Waals surface area contributed by atoms with E-state index in [1.54, 1.807) is 0 Å². The Kier molecular flexibility index (Phi) is 9.14. The van der Waals surface area contributed by atoms with Crippen LogP contribution >= 0.6 is 11.6 Å². The topological polar surface area (TPSA) is 29.1 Å². The predicted octanol–water partition coefficient (Wildman–Crippen LogP) is 4.83. The maximum atomic E-state index is 11.9. The molecule has 2 nitrogen and oxygen atoms in total. The first-order valence-electron chi connectivity index (χ1n) is 7.68. The lowest BCUT2D eigenvalue weighted by Crippen LogP contribution is -2.29. The standard InChI is InChI=1S/C17H26ClNO/c1-2-3-4-5-6-10-13-17(20)19-16(14-18)15-11-8-7-9-12-15/h7-9,11-12,16H,2-6,10,13-14H2,1H3,(H,19,20). The predicted molar refractivity (Wildman–Crippen MR) is 86.0 cm³/mol. The fourth-order valence-corrected chi connectivity index (χ4v) is 2.48. The Labute approximate surface area is 127 Å². The molecule has 1 atom stereocenters. The minimum atomic E-state index is -0.0783. The molecule has 0 bridgehead atoms. The van der Waals surface area contributed by atoms with Gasteiger partial charge < -0.3 is 5.32 Å². The van der Waals surface area contributed by atoms with Crippen LogP contribution in [0.1, 0.15) is 63.5 Å². The van der Waals surface area contributed by atoms with Crippen molar-refractivity contribution in [1.29, 1.82) is 0 Å². The van der Waals surface area contributed by atoms with Gasteiger partial charge in [-0.25, -0.2) is 0 Å². The lowest BCUT2D eigenvalue weighted by molar-refractivity contribution is -0.121. The highest BCUT2D eigenvalue weighted by Crippen LogP contribution is 2.14. The second-order valence-electron chi connectivity index (χ2n) is 5.20. The van der Waals surface area contributed by atoms with Crippen molar-refractivity contribution < 1.29 is 4.79 Å². The quantitative estimate of drug-likeness (QED) is 0.486. The van der Waals surface area contributed by atoms with Gasteiger partial charge in [0.2, 0.25) is 5.91 Å². The van der Waals surface area contributed by atoms with Gasteiger partial charge in [0, 0.05) is 12.3 Å². The zero-order chi connectivity index (χ0) is 14.6. The maximum absolute atomic E-state index is 11.9. The van der Waals surface area contributed by atoms with Gasteiger partial charge >= 0.3 is 0 Å². The highest BCUT2D eigenvalue weighted by atomic mass is 35.5. The molecule has 0 aliphatic carbocycles. The van der Waals surface area contributed by atoms with Gasteiger partial charge in [-0.2, -0.15) is 0 Å². The van der Waals surface area contributed by atoms with Crippen LogP contribution in [0.5, 0.6) is 0 Å². The number of hydrogen-bond donors (Lipinski definition) is 1. The Balaban J connectivity index is 2.23. The van der Waals surface area contributed by atoms with E-state index in [4.69, 9.17) is 11.6 Å². The largest absolute Gasteiger partial charge is 0.348 e. The van der Waals surface area contributed by atoms with Gasteiger partial charge in [-0.1, -0.05) is 69.4 Å². The molecular weight excluding hydrogens is 270 g/mol. The second-order valence-corrected chi connectivity index (χ2v) is 5.51. The van der Waals surface area contributed by atoms with Crippen molar-refractivity contribution >= 4 is 17.5 Å². The molecule has 1 N–H and O–H groups in total. The lowest BCUT2D eigenvalue weighted by atomic mass is 10.1. The number of unbranched alkanes of at least 4 members (excludes halogenated alkanes) is 5. The zero-order valence-corrected chi connectivity index (χ0v) is 13.2. The van der Waals surface area contributed by atoms with Crippen LogP contribution in [0.2, 0.25) is 0 Å². The van der Waals surface area contributed by atoms with Crippen LogP contribution in [0.15, 0.2) is 30.3 Å². The molecule has 1 amide bonds. The van der Waals surface area contributed by atoms with Crippen molar-refractivity contribution in [2.45, 2.75) is 57.9 Å². The van der Waals surface area contributed by atoms with Crippen molar-refractivity contribution in [3.63, 3.8) is 0 Å². The van der Waals surface area contributed by atoms with Gasteiger partial charge in [-0.15, -0.1) is 11.6 Å². The summed E-state index contributed by atoms with van der Waals surface area (Å²) in [6.07, 6.45) is 7.80. The molecule has 0 aliphatic heterocycles. The van der Waals surface area contributed by atoms with E-state index in [2.05, 4.69) is 12.2 Å². The van der Waals surface area contributed by atoms with Crippen LogP contribution in [0.3, 0.4) is 0 Å². The number of amides is 1. The van der Waals surface area contributed by atoms with E-state index in [0.29, 0.717) is 12.3 Å². The lowest BCUT2D eigenvalue weighted by Gasteiger charge is -2.16. The fourth-order valence-electron chi connectivity index (χ4n) is 2.23. The minimum Gasteiger partial charge on any atom is -0.348 e. The Bertz CT molecular complexity index is 367. The first-order chi connectivity index (χ1) is 9.77. The molecule has 1 aromatic carbocycles. The number of hydrogen-bond acceptors (Lipinski definition) is 1. The Hall–Kier alpha value is -1.02. The number of nitrogens with one attached hydrogen (secondary N) is 1. The summed E-state index contributed by atoms with van der Waals surface area (Å²) in [5.41, 5.74) is 1.07. The third kappa shape index (κ3) is 6.95. The number of halogens is 1. The van der Waals surface area contributed by atoms with Crippen LogP contribution in [0.25, 0.3) is 0 Å². The molecule has 0 fully saturated rings. The van der Waals surface area contributed by atoms with Crippen LogP contribution in [-0.4, -0.2) is 11.8 Å². The highest BCUT2D eigenvalue weighted by Gasteiger charge is 2.12. The molecule has 20 heavy (non-hydrogen) atoms. The Morgan fingerprint density at radius 2 is 1.75 bits per heavy atom. The van der Waals surface area contributed by atoms with Gasteiger partial charge in [-0.3, -0.25) is 4.79 Å². The molecule has 1 aromatic rings. The van der Waals surface area contributed by atoms with Gasteiger partial charge in [0.25, 0.3) is 0 Å². The first kappa shape index (κ1) is 17.0. The molecule has 0 saturated carbocycles. The Morgan fingerprint density at radius 1 is 1.10 bits per heavy atom. The van der Waals surface area contributed by atoms with Crippen molar-refractivity contribution in [1.82, 2.24) is 5.32 Å². The van der Waals surface area contributed by atoms with E-state index >= 15 is 0 Å². The highest BCUT2D eigenvalue weighted by molar-refractivity contribution is 6.18. The fraction of sp³-hybridized carbons (Fsp3) is 0.588. The van der Waals surface area contributed by atoms with Crippen molar-refractivity contribution in [2.75, 3.05) is 5.88 Å². The summed E-state index contributed by atoms with van der Waals surface area (Å²) < 4.78 is 0. The third-order valence-corrected chi connectivity index (χ3v) is 3.76. The second kappa shape index (κ2) is 10.7.